The van der Waals surface area contributed by atoms with Crippen LogP contribution in [0.5, 0.6) is 5.75 Å². The van der Waals surface area contributed by atoms with Crippen molar-refractivity contribution in [2.75, 3.05) is 18.9 Å². The van der Waals surface area contributed by atoms with Gasteiger partial charge in [-0.15, -0.1) is 0 Å². The predicted octanol–water partition coefficient (Wildman–Crippen LogP) is 5.38. The molecule has 10 atom stereocenters. The third-order valence-electron chi connectivity index (χ3n) is 10.1. The van der Waals surface area contributed by atoms with E-state index in [9.17, 15) is 28.4 Å². The number of imidazole rings is 1. The minimum atomic E-state index is -5.52. The number of amides is 1. The quantitative estimate of drug-likeness (QED) is 0.0715. The SMILES string of the molecule is CCCCCCCCC(=O)Oc1ccc(CSP2(=O)OC[C@H]3O[C@@H](N4C=CC(=O)CC4=O)[C@H](OP(=O)([O-])OC[C@H]4O[C@@H](n5cnc6c(N)ncnc65)[C@H](F)[C@@H]4O2)[C@@H]3F)cc1.[NH4+]. The van der Waals surface area contributed by atoms with Crippen molar-refractivity contribution in [3.05, 3.63) is 54.8 Å². The van der Waals surface area contributed by atoms with E-state index in [0.29, 0.717) is 23.4 Å². The fourth-order valence-electron chi connectivity index (χ4n) is 6.97. The number of nitrogens with zero attached hydrogens (tertiary/aromatic N) is 5. The fourth-order valence-corrected chi connectivity index (χ4v) is 11.3. The molecule has 0 radical (unpaired) electrons. The molecule has 334 valence electrons. The Morgan fingerprint density at radius 3 is 2.43 bits per heavy atom. The molecule has 6 N–H and O–H groups in total. The number of hydrogen-bond donors (Lipinski definition) is 2. The Labute approximate surface area is 352 Å². The van der Waals surface area contributed by atoms with E-state index in [2.05, 4.69) is 21.9 Å². The summed E-state index contributed by atoms with van der Waals surface area (Å²) in [5.41, 5.74) is 6.64. The molecule has 0 spiro atoms. The summed E-state index contributed by atoms with van der Waals surface area (Å²) in [5, 5.41) is 0. The number of ketones is 1. The third-order valence-corrected chi connectivity index (χ3v) is 14.7. The minimum Gasteiger partial charge on any atom is -0.756 e. The molecular formula is C36H47F2N7O13P2S. The average Bonchev–Trinajstić information content (AvgIpc) is 3.87. The molecule has 7 rings (SSSR count). The second-order valence-corrected chi connectivity index (χ2v) is 19.8. The van der Waals surface area contributed by atoms with Gasteiger partial charge in [0, 0.05) is 18.4 Å². The molecule has 4 aliphatic rings. The number of hydrogen-bond acceptors (Lipinski definition) is 18. The number of anilines is 1. The van der Waals surface area contributed by atoms with Gasteiger partial charge in [0.25, 0.3) is 7.82 Å². The Hall–Kier alpha value is -3.73. The zero-order valence-electron chi connectivity index (χ0n) is 33.2. The minimum absolute atomic E-state index is 0. The zero-order chi connectivity index (χ0) is 42.6. The Morgan fingerprint density at radius 1 is 0.951 bits per heavy atom. The van der Waals surface area contributed by atoms with E-state index in [1.807, 2.05) is 0 Å². The Bertz CT molecular complexity index is 2170. The van der Waals surface area contributed by atoms with Crippen molar-refractivity contribution in [1.82, 2.24) is 30.6 Å². The van der Waals surface area contributed by atoms with Crippen LogP contribution in [-0.4, -0.2) is 98.3 Å². The number of phosphoric ester groups is 1. The first-order chi connectivity index (χ1) is 28.7. The smallest absolute Gasteiger partial charge is 0.389 e. The summed E-state index contributed by atoms with van der Waals surface area (Å²) < 4.78 is 101. The highest BCUT2D eigenvalue weighted by Crippen LogP contribution is 2.64. The molecule has 3 aromatic rings. The molecule has 25 heteroatoms. The lowest BCUT2D eigenvalue weighted by Gasteiger charge is -2.34. The predicted molar refractivity (Wildman–Crippen MR) is 212 cm³/mol. The van der Waals surface area contributed by atoms with E-state index in [4.69, 9.17) is 38.0 Å². The maximum absolute atomic E-state index is 16.7. The highest BCUT2D eigenvalue weighted by molar-refractivity contribution is 8.54. The standard InChI is InChI=1S/C36H44F2N6O13P2S.H3N/c1-2-3-4-5-6-7-8-27(47)53-23-11-9-21(10-12-23)18-60-59(50)52-16-24-28(37)32(36(54-24)43-14-13-22(45)15-26(43)46)56-58(48,49)51-17-25-31(57-59)29(38)35(55-25)44-20-42-30-33(39)40-19-41-34(30)44;/h9-14,19-20,24-25,28-29,31-32,35-36H,2-8,15-18H2,1H3,(H,48,49)(H2,39,40,41);1H3/t24-,25-,28-,29-,31-,32-,35-,36-,59?;/m1./s1. The van der Waals surface area contributed by atoms with Gasteiger partial charge in [0.1, 0.15) is 42.0 Å². The van der Waals surface area contributed by atoms with Crippen molar-refractivity contribution < 1.29 is 69.5 Å². The largest absolute Gasteiger partial charge is 0.756 e. The first-order valence-corrected chi connectivity index (χ1v) is 23.9. The molecule has 2 unspecified atom stereocenters. The number of carbonyl (C=O) groups excluding carboxylic acids is 3. The van der Waals surface area contributed by atoms with Gasteiger partial charge in [0.2, 0.25) is 5.91 Å². The normalized spacial score (nSPS) is 31.8. The van der Waals surface area contributed by atoms with Gasteiger partial charge in [-0.05, 0) is 41.6 Å². The van der Waals surface area contributed by atoms with Crippen molar-refractivity contribution in [2.45, 2.75) is 113 Å². The lowest BCUT2D eigenvalue weighted by molar-refractivity contribution is -0.237. The van der Waals surface area contributed by atoms with Gasteiger partial charge in [-0.3, -0.25) is 37.5 Å². The van der Waals surface area contributed by atoms with Crippen LogP contribution in [0.4, 0.5) is 14.6 Å². The molecule has 61 heavy (non-hydrogen) atoms. The second kappa shape index (κ2) is 20.2. The summed E-state index contributed by atoms with van der Waals surface area (Å²) in [6, 6.07) is 6.32. The van der Waals surface area contributed by atoms with Crippen molar-refractivity contribution in [3.8, 4) is 5.75 Å². The maximum Gasteiger partial charge on any atom is 0.389 e. The number of aromatic nitrogens is 4. The van der Waals surface area contributed by atoms with Gasteiger partial charge in [0.05, 0.1) is 26.0 Å². The summed E-state index contributed by atoms with van der Waals surface area (Å²) in [6.45, 7) is -4.33. The van der Waals surface area contributed by atoms with Crippen LogP contribution in [0.25, 0.3) is 11.2 Å². The summed E-state index contributed by atoms with van der Waals surface area (Å²) >= 11 is 0.603. The van der Waals surface area contributed by atoms with E-state index < -0.39 is 95.2 Å². The average molecular weight is 918 g/mol. The van der Waals surface area contributed by atoms with Gasteiger partial charge >= 0.3 is 12.8 Å². The first-order valence-electron chi connectivity index (χ1n) is 19.3. The van der Waals surface area contributed by atoms with Crippen LogP contribution in [0.1, 0.15) is 70.1 Å². The number of nitrogen functional groups attached to an aromatic ring is 1. The third kappa shape index (κ3) is 11.1. The zero-order valence-corrected chi connectivity index (χ0v) is 35.8. The number of phosphoric acid groups is 1. The molecule has 1 amide bonds. The molecule has 0 aliphatic carbocycles. The van der Waals surface area contributed by atoms with Gasteiger partial charge in [0.15, 0.2) is 42.0 Å². The number of allylic oxidation sites excluding steroid dienone is 1. The molecule has 20 nitrogen and oxygen atoms in total. The van der Waals surface area contributed by atoms with Crippen LogP contribution in [-0.2, 0) is 56.8 Å². The molecule has 2 aromatic heterocycles. The number of ether oxygens (including phenoxy) is 3. The summed E-state index contributed by atoms with van der Waals surface area (Å²) in [5.74, 6) is -1.57. The molecule has 0 saturated carbocycles. The molecule has 1 aromatic carbocycles. The van der Waals surface area contributed by atoms with Crippen molar-refractivity contribution in [1.29, 1.82) is 0 Å². The molecule has 2 bridgehead atoms. The monoisotopic (exact) mass is 917 g/mol. The number of unbranched alkanes of at least 4 members (excludes halogenated alkanes) is 5. The summed E-state index contributed by atoms with van der Waals surface area (Å²) in [6.07, 6.45) is -4.98. The van der Waals surface area contributed by atoms with Crippen LogP contribution in [0.2, 0.25) is 0 Å². The number of carbonyl (C=O) groups is 3. The maximum atomic E-state index is 16.7. The topological polar surface area (TPSA) is 282 Å². The summed E-state index contributed by atoms with van der Waals surface area (Å²) in [7, 11) is -5.52. The van der Waals surface area contributed by atoms with Gasteiger partial charge < -0.3 is 40.0 Å². The van der Waals surface area contributed by atoms with Crippen molar-refractivity contribution in [3.63, 3.8) is 0 Å². The van der Waals surface area contributed by atoms with Crippen LogP contribution in [0.15, 0.2) is 49.2 Å². The molecule has 3 fully saturated rings. The van der Waals surface area contributed by atoms with Crippen LogP contribution >= 0.6 is 26.0 Å². The van der Waals surface area contributed by atoms with Crippen LogP contribution < -0.4 is 21.5 Å². The van der Waals surface area contributed by atoms with E-state index in [1.165, 1.54) is 10.9 Å². The number of fused-ring (bicyclic) bond motifs is 4. The second-order valence-electron chi connectivity index (χ2n) is 14.4. The first kappa shape index (κ1) is 46.8. The number of rotatable bonds is 13. The number of halogens is 2. The number of alkyl halides is 2. The number of quaternary nitrogens is 1. The van der Waals surface area contributed by atoms with E-state index in [1.54, 1.807) is 24.3 Å². The number of benzene rings is 1. The lowest BCUT2D eigenvalue weighted by Crippen LogP contribution is -2.47. The van der Waals surface area contributed by atoms with Gasteiger partial charge in [-0.2, -0.15) is 0 Å². The Morgan fingerprint density at radius 2 is 1.67 bits per heavy atom. The van der Waals surface area contributed by atoms with Gasteiger partial charge in [-0.1, -0.05) is 51.2 Å². The molecule has 4 aliphatic heterocycles. The van der Waals surface area contributed by atoms with Crippen LogP contribution in [0.3, 0.4) is 0 Å². The van der Waals surface area contributed by atoms with E-state index in [-0.39, 0.29) is 47.0 Å². The summed E-state index contributed by atoms with van der Waals surface area (Å²) in [4.78, 5) is 63.2. The lowest BCUT2D eigenvalue weighted by atomic mass is 10.1. The number of esters is 1. The van der Waals surface area contributed by atoms with Crippen molar-refractivity contribution >= 4 is 60.6 Å². The highest BCUT2D eigenvalue weighted by Gasteiger charge is 2.55. The van der Waals surface area contributed by atoms with Gasteiger partial charge in [-0.25, -0.2) is 28.3 Å². The fraction of sp³-hybridized carbons (Fsp3) is 0.556. The van der Waals surface area contributed by atoms with E-state index >= 15 is 8.78 Å². The van der Waals surface area contributed by atoms with Crippen molar-refractivity contribution in [2.24, 2.45) is 0 Å². The Kier molecular flexibility index (Phi) is 15.5. The molecule has 6 heterocycles. The Balaban J connectivity index is 0.00000622. The van der Waals surface area contributed by atoms with E-state index in [0.717, 1.165) is 55.6 Å². The molecular weight excluding hydrogens is 870 g/mol. The van der Waals surface area contributed by atoms with Crippen LogP contribution in [0, 0.1) is 0 Å². The highest BCUT2D eigenvalue weighted by atomic mass is 32.7. The molecule has 3 saturated heterocycles. The number of nitrogens with two attached hydrogens (primary N) is 1.